The van der Waals surface area contributed by atoms with Crippen molar-refractivity contribution in [2.45, 2.75) is 31.2 Å². The zero-order valence-corrected chi connectivity index (χ0v) is 21.4. The largest absolute Gasteiger partial charge is 0.419 e. The van der Waals surface area contributed by atoms with E-state index in [2.05, 4.69) is 10.3 Å². The Morgan fingerprint density at radius 3 is 2.08 bits per heavy atom. The SMILES string of the molecule is Cc1c(C(F)(F)F)cccc1[C@@](Cc1ccccc1)(NC(=O)c1ccc(F)c(C(F)(F)F)c1)c1ccc(Cl)cn1. The van der Waals surface area contributed by atoms with Crippen LogP contribution in [0.15, 0.2) is 85.1 Å². The minimum absolute atomic E-state index is 0.00695. The van der Waals surface area contributed by atoms with Gasteiger partial charge < -0.3 is 5.32 Å². The normalized spacial score (nSPS) is 13.5. The molecule has 1 heterocycles. The monoisotopic (exact) mass is 580 g/mol. The average Bonchev–Trinajstić information content (AvgIpc) is 2.88. The highest BCUT2D eigenvalue weighted by Gasteiger charge is 2.43. The van der Waals surface area contributed by atoms with E-state index in [1.54, 1.807) is 30.3 Å². The number of alkyl halides is 6. The second kappa shape index (κ2) is 10.9. The molecule has 1 aromatic heterocycles. The molecule has 0 aliphatic carbocycles. The van der Waals surface area contributed by atoms with E-state index in [1.807, 2.05) is 0 Å². The first-order valence-corrected chi connectivity index (χ1v) is 12.1. The summed E-state index contributed by atoms with van der Waals surface area (Å²) in [6, 6.07) is 16.5. The van der Waals surface area contributed by atoms with E-state index in [4.69, 9.17) is 11.6 Å². The topological polar surface area (TPSA) is 42.0 Å². The second-order valence-electron chi connectivity index (χ2n) is 9.05. The lowest BCUT2D eigenvalue weighted by Crippen LogP contribution is -2.50. The molecule has 208 valence electrons. The van der Waals surface area contributed by atoms with Crippen molar-refractivity contribution in [3.8, 4) is 0 Å². The molecular formula is C29H20ClF7N2O. The Hall–Kier alpha value is -3.92. The third kappa shape index (κ3) is 5.96. The highest BCUT2D eigenvalue weighted by molar-refractivity contribution is 6.30. The first-order valence-electron chi connectivity index (χ1n) is 11.7. The molecule has 0 unspecified atom stereocenters. The summed E-state index contributed by atoms with van der Waals surface area (Å²) < 4.78 is 96.0. The number of hydrogen-bond donors (Lipinski definition) is 1. The highest BCUT2D eigenvalue weighted by Crippen LogP contribution is 2.40. The van der Waals surface area contributed by atoms with Crippen molar-refractivity contribution < 1.29 is 35.5 Å². The van der Waals surface area contributed by atoms with Crippen molar-refractivity contribution in [1.29, 1.82) is 0 Å². The lowest BCUT2D eigenvalue weighted by Gasteiger charge is -2.37. The number of rotatable bonds is 6. The van der Waals surface area contributed by atoms with Crippen molar-refractivity contribution in [3.05, 3.63) is 135 Å². The van der Waals surface area contributed by atoms with Gasteiger partial charge in [0, 0.05) is 18.2 Å². The molecule has 11 heteroatoms. The van der Waals surface area contributed by atoms with Crippen molar-refractivity contribution in [1.82, 2.24) is 10.3 Å². The maximum absolute atomic E-state index is 14.0. The van der Waals surface area contributed by atoms with Gasteiger partial charge in [-0.25, -0.2) is 4.39 Å². The van der Waals surface area contributed by atoms with Crippen molar-refractivity contribution >= 4 is 17.5 Å². The number of pyridine rings is 1. The molecule has 40 heavy (non-hydrogen) atoms. The number of hydrogen-bond acceptors (Lipinski definition) is 2. The molecule has 0 spiro atoms. The van der Waals surface area contributed by atoms with Crippen LogP contribution < -0.4 is 5.32 Å². The fraction of sp³-hybridized carbons (Fsp3) is 0.172. The van der Waals surface area contributed by atoms with Gasteiger partial charge in [0.1, 0.15) is 11.4 Å². The Morgan fingerprint density at radius 2 is 1.48 bits per heavy atom. The Kier molecular flexibility index (Phi) is 7.94. The quantitative estimate of drug-likeness (QED) is 0.234. The molecule has 1 N–H and O–H groups in total. The van der Waals surface area contributed by atoms with Crippen LogP contribution in [0.25, 0.3) is 0 Å². The minimum Gasteiger partial charge on any atom is -0.337 e. The van der Waals surface area contributed by atoms with Crippen LogP contribution in [0.4, 0.5) is 30.7 Å². The van der Waals surface area contributed by atoms with Crippen molar-refractivity contribution in [2.75, 3.05) is 0 Å². The predicted molar refractivity (Wildman–Crippen MR) is 135 cm³/mol. The zero-order chi connectivity index (χ0) is 29.3. The van der Waals surface area contributed by atoms with Gasteiger partial charge >= 0.3 is 12.4 Å². The molecule has 3 aromatic carbocycles. The fourth-order valence-corrected chi connectivity index (χ4v) is 4.70. The van der Waals surface area contributed by atoms with E-state index < -0.39 is 46.3 Å². The lowest BCUT2D eigenvalue weighted by molar-refractivity contribution is -0.140. The molecule has 1 amide bonds. The molecule has 3 nitrogen and oxygen atoms in total. The van der Waals surface area contributed by atoms with Crippen LogP contribution in [0, 0.1) is 12.7 Å². The third-order valence-corrected chi connectivity index (χ3v) is 6.66. The minimum atomic E-state index is -5.09. The van der Waals surface area contributed by atoms with Crippen LogP contribution in [0.3, 0.4) is 0 Å². The van der Waals surface area contributed by atoms with Gasteiger partial charge in [-0.2, -0.15) is 26.3 Å². The standard InChI is InChI=1S/C29H20ClF7N2O/c1-17-21(8-5-9-22(17)28(32,33)34)27(15-18-6-3-2-4-7-18,25-13-11-20(30)16-38-25)39-26(40)19-10-12-24(31)23(14-19)29(35,36)37/h2-14,16H,15H2,1H3,(H,39,40)/t27-/m1/s1. The van der Waals surface area contributed by atoms with Gasteiger partial charge in [-0.1, -0.05) is 54.1 Å². The molecule has 0 saturated heterocycles. The maximum atomic E-state index is 14.0. The molecular weight excluding hydrogens is 561 g/mol. The van der Waals surface area contributed by atoms with E-state index >= 15 is 0 Å². The van der Waals surface area contributed by atoms with E-state index in [1.165, 1.54) is 37.4 Å². The molecule has 0 aliphatic rings. The van der Waals surface area contributed by atoms with Gasteiger partial charge in [-0.15, -0.1) is 0 Å². The number of carbonyl (C=O) groups is 1. The van der Waals surface area contributed by atoms with Gasteiger partial charge in [-0.3, -0.25) is 9.78 Å². The molecule has 0 aliphatic heterocycles. The summed E-state index contributed by atoms with van der Waals surface area (Å²) in [5.74, 6) is -2.66. The summed E-state index contributed by atoms with van der Waals surface area (Å²) in [6.45, 7) is 1.24. The number of nitrogens with zero attached hydrogens (tertiary/aromatic N) is 1. The van der Waals surface area contributed by atoms with E-state index in [-0.39, 0.29) is 28.3 Å². The first-order chi connectivity index (χ1) is 18.7. The van der Waals surface area contributed by atoms with Crippen molar-refractivity contribution in [2.24, 2.45) is 0 Å². The molecule has 0 saturated carbocycles. The highest BCUT2D eigenvalue weighted by atomic mass is 35.5. The van der Waals surface area contributed by atoms with E-state index in [9.17, 15) is 35.5 Å². The summed E-state index contributed by atoms with van der Waals surface area (Å²) in [7, 11) is 0. The van der Waals surface area contributed by atoms with Crippen LogP contribution >= 0.6 is 11.6 Å². The smallest absolute Gasteiger partial charge is 0.337 e. The predicted octanol–water partition coefficient (Wildman–Crippen LogP) is 8.14. The molecule has 1 atom stereocenters. The zero-order valence-electron chi connectivity index (χ0n) is 20.7. The summed E-state index contributed by atoms with van der Waals surface area (Å²) in [5, 5.41) is 2.87. The Balaban J connectivity index is 1.99. The van der Waals surface area contributed by atoms with Crippen LogP contribution in [-0.4, -0.2) is 10.9 Å². The number of carbonyl (C=O) groups excluding carboxylic acids is 1. The number of halogens is 8. The Bertz CT molecular complexity index is 1520. The fourth-order valence-electron chi connectivity index (χ4n) is 4.58. The average molecular weight is 581 g/mol. The molecule has 4 rings (SSSR count). The third-order valence-electron chi connectivity index (χ3n) is 6.44. The molecule has 4 aromatic rings. The van der Waals surface area contributed by atoms with E-state index in [0.29, 0.717) is 17.7 Å². The number of nitrogens with one attached hydrogen (secondary N) is 1. The summed E-state index contributed by atoms with van der Waals surface area (Å²) >= 11 is 6.02. The second-order valence-corrected chi connectivity index (χ2v) is 9.49. The maximum Gasteiger partial charge on any atom is 0.419 e. The lowest BCUT2D eigenvalue weighted by atomic mass is 9.77. The molecule has 0 radical (unpaired) electrons. The Morgan fingerprint density at radius 1 is 0.825 bits per heavy atom. The number of amides is 1. The summed E-state index contributed by atoms with van der Waals surface area (Å²) in [5.41, 5.74) is -4.56. The van der Waals surface area contributed by atoms with Crippen LogP contribution in [0.5, 0.6) is 0 Å². The van der Waals surface area contributed by atoms with Gasteiger partial charge in [0.15, 0.2) is 0 Å². The molecule has 0 fully saturated rings. The summed E-state index contributed by atoms with van der Waals surface area (Å²) in [6.07, 6.45) is -8.72. The van der Waals surface area contributed by atoms with E-state index in [0.717, 1.165) is 12.1 Å². The van der Waals surface area contributed by atoms with Gasteiger partial charge in [0.05, 0.1) is 21.8 Å². The molecule has 0 bridgehead atoms. The van der Waals surface area contributed by atoms with Gasteiger partial charge in [0.25, 0.3) is 5.91 Å². The number of aromatic nitrogens is 1. The van der Waals surface area contributed by atoms with Crippen LogP contribution in [0.1, 0.15) is 43.9 Å². The summed E-state index contributed by atoms with van der Waals surface area (Å²) in [4.78, 5) is 17.9. The van der Waals surface area contributed by atoms with Gasteiger partial charge in [0.2, 0.25) is 0 Å². The Labute approximate surface area is 229 Å². The van der Waals surface area contributed by atoms with Crippen LogP contribution in [0.2, 0.25) is 5.02 Å². The van der Waals surface area contributed by atoms with Crippen molar-refractivity contribution in [3.63, 3.8) is 0 Å². The van der Waals surface area contributed by atoms with Gasteiger partial charge in [-0.05, 0) is 60.0 Å². The first kappa shape index (κ1) is 29.1. The van der Waals surface area contributed by atoms with Crippen LogP contribution in [-0.2, 0) is 24.3 Å². The number of benzene rings is 3.